The third kappa shape index (κ3) is 2.83. The normalized spacial score (nSPS) is 11.8. The second kappa shape index (κ2) is 5.98. The number of benzene rings is 2. The Kier molecular flexibility index (Phi) is 3.76. The average Bonchev–Trinajstić information content (AvgIpc) is 3.00. The van der Waals surface area contributed by atoms with Gasteiger partial charge in [-0.15, -0.1) is 0 Å². The van der Waals surface area contributed by atoms with Crippen LogP contribution >= 0.6 is 0 Å². The highest BCUT2D eigenvalue weighted by Crippen LogP contribution is 2.37. The number of nitrogens with zero attached hydrogens (tertiary/aromatic N) is 2. The zero-order valence-electron chi connectivity index (χ0n) is 13.3. The van der Waals surface area contributed by atoms with Crippen LogP contribution in [0.1, 0.15) is 5.56 Å². The molecule has 4 aromatic rings. The van der Waals surface area contributed by atoms with Crippen LogP contribution in [0.25, 0.3) is 27.9 Å². The van der Waals surface area contributed by atoms with Gasteiger partial charge in [0.25, 0.3) is 0 Å². The first kappa shape index (κ1) is 16.3. The van der Waals surface area contributed by atoms with Crippen molar-refractivity contribution in [1.82, 2.24) is 9.61 Å². The molecule has 2 heterocycles. The molecular formula is C20H12F4N2. The van der Waals surface area contributed by atoms with E-state index in [4.69, 9.17) is 0 Å². The predicted molar refractivity (Wildman–Crippen MR) is 91.0 cm³/mol. The van der Waals surface area contributed by atoms with Gasteiger partial charge in [-0.05, 0) is 29.8 Å². The zero-order valence-corrected chi connectivity index (χ0v) is 13.3. The van der Waals surface area contributed by atoms with Crippen molar-refractivity contribution in [2.75, 3.05) is 0 Å². The van der Waals surface area contributed by atoms with Gasteiger partial charge < -0.3 is 0 Å². The van der Waals surface area contributed by atoms with Crippen LogP contribution in [-0.2, 0) is 6.18 Å². The molecule has 0 saturated carbocycles. The molecule has 2 aromatic heterocycles. The van der Waals surface area contributed by atoms with E-state index in [9.17, 15) is 17.6 Å². The third-order valence-corrected chi connectivity index (χ3v) is 4.12. The first-order chi connectivity index (χ1) is 12.4. The van der Waals surface area contributed by atoms with Crippen molar-refractivity contribution in [2.24, 2.45) is 0 Å². The van der Waals surface area contributed by atoms with Crippen LogP contribution in [0.2, 0.25) is 0 Å². The number of alkyl halides is 3. The first-order valence-corrected chi connectivity index (χ1v) is 7.84. The number of hydrogen-bond acceptors (Lipinski definition) is 1. The molecule has 130 valence electrons. The van der Waals surface area contributed by atoms with E-state index < -0.39 is 17.6 Å². The maximum Gasteiger partial charge on any atom is 0.417 e. The fourth-order valence-electron chi connectivity index (χ4n) is 2.94. The van der Waals surface area contributed by atoms with Gasteiger partial charge in [0.2, 0.25) is 0 Å². The summed E-state index contributed by atoms with van der Waals surface area (Å²) in [5, 5.41) is 4.32. The lowest BCUT2D eigenvalue weighted by atomic mass is 9.99. The molecule has 0 aliphatic heterocycles. The summed E-state index contributed by atoms with van der Waals surface area (Å²) in [7, 11) is 0. The van der Waals surface area contributed by atoms with E-state index in [-0.39, 0.29) is 0 Å². The standard InChI is InChI=1S/C20H12F4N2/c21-16-8-4-7-14(11-16)19-18(13-5-2-1-3-6-13)17-10-9-15(20(22,23)24)12-26(17)25-19/h1-12H. The van der Waals surface area contributed by atoms with Crippen molar-refractivity contribution >= 4 is 5.52 Å². The van der Waals surface area contributed by atoms with Crippen LogP contribution in [0.3, 0.4) is 0 Å². The predicted octanol–water partition coefficient (Wildman–Crippen LogP) is 5.83. The molecule has 0 spiro atoms. The SMILES string of the molecule is Fc1cccc(-c2nn3cc(C(F)(F)F)ccc3c2-c2ccccc2)c1. The molecule has 0 bridgehead atoms. The minimum Gasteiger partial charge on any atom is -0.239 e. The van der Waals surface area contributed by atoms with E-state index >= 15 is 0 Å². The van der Waals surface area contributed by atoms with E-state index in [0.717, 1.165) is 17.8 Å². The van der Waals surface area contributed by atoms with Crippen LogP contribution in [-0.4, -0.2) is 9.61 Å². The van der Waals surface area contributed by atoms with Crippen molar-refractivity contribution in [3.63, 3.8) is 0 Å². The van der Waals surface area contributed by atoms with Crippen LogP contribution in [0.4, 0.5) is 17.6 Å². The van der Waals surface area contributed by atoms with E-state index in [1.54, 1.807) is 12.1 Å². The first-order valence-electron chi connectivity index (χ1n) is 7.84. The number of rotatable bonds is 2. The summed E-state index contributed by atoms with van der Waals surface area (Å²) in [6, 6.07) is 17.5. The molecule has 0 unspecified atom stereocenters. The maximum absolute atomic E-state index is 13.7. The van der Waals surface area contributed by atoms with E-state index in [1.807, 2.05) is 30.3 Å². The lowest BCUT2D eigenvalue weighted by Crippen LogP contribution is -2.06. The Morgan fingerprint density at radius 3 is 2.23 bits per heavy atom. The maximum atomic E-state index is 13.7. The lowest BCUT2D eigenvalue weighted by Gasteiger charge is -2.07. The highest BCUT2D eigenvalue weighted by Gasteiger charge is 2.31. The Labute approximate surface area is 146 Å². The van der Waals surface area contributed by atoms with Gasteiger partial charge in [-0.25, -0.2) is 8.91 Å². The molecule has 0 N–H and O–H groups in total. The summed E-state index contributed by atoms with van der Waals surface area (Å²) in [5.41, 5.74) is 2.10. The molecule has 4 rings (SSSR count). The minimum atomic E-state index is -4.47. The smallest absolute Gasteiger partial charge is 0.239 e. The number of halogens is 4. The molecule has 6 heteroatoms. The Bertz CT molecular complexity index is 1080. The number of fused-ring (bicyclic) bond motifs is 1. The van der Waals surface area contributed by atoms with E-state index in [1.165, 1.54) is 22.7 Å². The molecule has 0 saturated heterocycles. The summed E-state index contributed by atoms with van der Waals surface area (Å²) in [4.78, 5) is 0. The van der Waals surface area contributed by atoms with Gasteiger partial charge >= 0.3 is 6.18 Å². The molecule has 0 radical (unpaired) electrons. The molecule has 26 heavy (non-hydrogen) atoms. The van der Waals surface area contributed by atoms with Crippen LogP contribution in [0.5, 0.6) is 0 Å². The molecule has 0 amide bonds. The quantitative estimate of drug-likeness (QED) is 0.413. The Balaban J connectivity index is 2.03. The topological polar surface area (TPSA) is 17.3 Å². The average molecular weight is 356 g/mol. The number of aromatic nitrogens is 2. The number of pyridine rings is 1. The Hall–Kier alpha value is -3.15. The highest BCUT2D eigenvalue weighted by atomic mass is 19.4. The largest absolute Gasteiger partial charge is 0.417 e. The van der Waals surface area contributed by atoms with Crippen molar-refractivity contribution in [3.05, 3.63) is 84.3 Å². The van der Waals surface area contributed by atoms with Crippen molar-refractivity contribution in [1.29, 1.82) is 0 Å². The van der Waals surface area contributed by atoms with Crippen molar-refractivity contribution in [2.45, 2.75) is 6.18 Å². The fourth-order valence-corrected chi connectivity index (χ4v) is 2.94. The molecule has 2 nitrogen and oxygen atoms in total. The van der Waals surface area contributed by atoms with Gasteiger partial charge in [0, 0.05) is 17.3 Å². The van der Waals surface area contributed by atoms with Gasteiger partial charge in [-0.1, -0.05) is 42.5 Å². The highest BCUT2D eigenvalue weighted by molar-refractivity contribution is 5.92. The van der Waals surface area contributed by atoms with Gasteiger partial charge in [0.1, 0.15) is 11.5 Å². The van der Waals surface area contributed by atoms with Crippen molar-refractivity contribution < 1.29 is 17.6 Å². The number of hydrogen-bond donors (Lipinski definition) is 0. The van der Waals surface area contributed by atoms with Crippen molar-refractivity contribution in [3.8, 4) is 22.4 Å². The van der Waals surface area contributed by atoms with Crippen LogP contribution in [0.15, 0.2) is 72.9 Å². The van der Waals surface area contributed by atoms with E-state index in [0.29, 0.717) is 22.3 Å². The second-order valence-electron chi connectivity index (χ2n) is 5.85. The van der Waals surface area contributed by atoms with Gasteiger partial charge in [-0.2, -0.15) is 18.3 Å². The summed E-state index contributed by atoms with van der Waals surface area (Å²) < 4.78 is 54.0. The monoisotopic (exact) mass is 356 g/mol. The summed E-state index contributed by atoms with van der Waals surface area (Å²) >= 11 is 0. The Morgan fingerprint density at radius 2 is 1.54 bits per heavy atom. The molecule has 0 aliphatic carbocycles. The second-order valence-corrected chi connectivity index (χ2v) is 5.85. The molecule has 0 fully saturated rings. The van der Waals surface area contributed by atoms with Crippen LogP contribution < -0.4 is 0 Å². The van der Waals surface area contributed by atoms with Crippen LogP contribution in [0, 0.1) is 5.82 Å². The zero-order chi connectivity index (χ0) is 18.3. The summed E-state index contributed by atoms with van der Waals surface area (Å²) in [5.74, 6) is -0.436. The summed E-state index contributed by atoms with van der Waals surface area (Å²) in [6.45, 7) is 0. The summed E-state index contributed by atoms with van der Waals surface area (Å²) in [6.07, 6.45) is -3.52. The third-order valence-electron chi connectivity index (χ3n) is 4.12. The lowest BCUT2D eigenvalue weighted by molar-refractivity contribution is -0.137. The molecule has 0 aliphatic rings. The Morgan fingerprint density at radius 1 is 0.808 bits per heavy atom. The van der Waals surface area contributed by atoms with E-state index in [2.05, 4.69) is 5.10 Å². The minimum absolute atomic E-state index is 0.426. The molecular weight excluding hydrogens is 344 g/mol. The molecule has 0 atom stereocenters. The molecule has 2 aromatic carbocycles. The fraction of sp³-hybridized carbons (Fsp3) is 0.0500. The van der Waals surface area contributed by atoms with Gasteiger partial charge in [0.05, 0.1) is 11.1 Å². The van der Waals surface area contributed by atoms with Gasteiger partial charge in [0.15, 0.2) is 0 Å². The van der Waals surface area contributed by atoms with Gasteiger partial charge in [-0.3, -0.25) is 0 Å².